The molecule has 0 unspecified atom stereocenters. The summed E-state index contributed by atoms with van der Waals surface area (Å²) in [5.74, 6) is 0. The van der Waals surface area contributed by atoms with Crippen molar-refractivity contribution in [2.24, 2.45) is 0 Å². The fraction of sp³-hybridized carbons (Fsp3) is 0.143. The standard InChI is InChI=1S/C7H9N2O2S/c1-12(10,11)9-7-4-2-3-6(8)5-7/h2-5,8-9H,1H3. The molecule has 0 spiro atoms. The van der Waals surface area contributed by atoms with Gasteiger partial charge in [-0.25, -0.2) is 8.42 Å². The van der Waals surface area contributed by atoms with Gasteiger partial charge in [-0.15, -0.1) is 0 Å². The highest BCUT2D eigenvalue weighted by atomic mass is 32.2. The molecular formula is C7H9N2O2S. The summed E-state index contributed by atoms with van der Waals surface area (Å²) in [4.78, 5) is 0. The predicted octanol–water partition coefficient (Wildman–Crippen LogP) is 0.972. The summed E-state index contributed by atoms with van der Waals surface area (Å²) >= 11 is 0. The van der Waals surface area contributed by atoms with Crippen molar-refractivity contribution in [3.8, 4) is 0 Å². The molecule has 1 rings (SSSR count). The third-order valence-corrected chi connectivity index (χ3v) is 1.77. The topological polar surface area (TPSA) is 70.0 Å². The second kappa shape index (κ2) is 3.02. The zero-order chi connectivity index (χ0) is 9.19. The third-order valence-electron chi connectivity index (χ3n) is 1.17. The molecule has 5 heteroatoms. The van der Waals surface area contributed by atoms with Crippen LogP contribution in [0.15, 0.2) is 24.3 Å². The van der Waals surface area contributed by atoms with E-state index in [1.807, 2.05) is 0 Å². The highest BCUT2D eigenvalue weighted by Gasteiger charge is 2.00. The zero-order valence-corrected chi connectivity index (χ0v) is 7.35. The molecule has 0 saturated carbocycles. The van der Waals surface area contributed by atoms with Gasteiger partial charge in [-0.05, 0) is 18.2 Å². The minimum atomic E-state index is -3.23. The van der Waals surface area contributed by atoms with Gasteiger partial charge in [-0.2, -0.15) is 0 Å². The maximum Gasteiger partial charge on any atom is 0.229 e. The number of benzene rings is 1. The summed E-state index contributed by atoms with van der Waals surface area (Å²) < 4.78 is 23.8. The molecule has 0 amide bonds. The van der Waals surface area contributed by atoms with E-state index >= 15 is 0 Å². The summed E-state index contributed by atoms with van der Waals surface area (Å²) in [7, 11) is -3.23. The smallest absolute Gasteiger partial charge is 0.229 e. The molecule has 0 aliphatic heterocycles. The fourth-order valence-corrected chi connectivity index (χ4v) is 1.35. The Bertz CT molecular complexity index is 373. The summed E-state index contributed by atoms with van der Waals surface area (Å²) in [6.07, 6.45) is 1.07. The van der Waals surface area contributed by atoms with Gasteiger partial charge in [0.05, 0.1) is 17.6 Å². The summed E-state index contributed by atoms with van der Waals surface area (Å²) in [5.41, 5.74) is 7.91. The number of anilines is 1. The van der Waals surface area contributed by atoms with Crippen LogP contribution < -0.4 is 10.5 Å². The van der Waals surface area contributed by atoms with Gasteiger partial charge in [0.15, 0.2) is 0 Å². The molecule has 0 aliphatic rings. The number of nitrogens with one attached hydrogen (secondary N) is 2. The Kier molecular flexibility index (Phi) is 2.23. The van der Waals surface area contributed by atoms with Crippen LogP contribution in [0.5, 0.6) is 0 Å². The quantitative estimate of drug-likeness (QED) is 0.745. The lowest BCUT2D eigenvalue weighted by molar-refractivity contribution is 0.607. The van der Waals surface area contributed by atoms with E-state index < -0.39 is 10.0 Å². The van der Waals surface area contributed by atoms with Crippen LogP contribution in [0.25, 0.3) is 0 Å². The molecular weight excluding hydrogens is 176 g/mol. The zero-order valence-electron chi connectivity index (χ0n) is 6.53. The van der Waals surface area contributed by atoms with Crippen molar-refractivity contribution in [2.75, 3.05) is 11.0 Å². The first-order valence-corrected chi connectivity index (χ1v) is 5.16. The predicted molar refractivity (Wildman–Crippen MR) is 47.7 cm³/mol. The van der Waals surface area contributed by atoms with Gasteiger partial charge < -0.3 is 5.73 Å². The van der Waals surface area contributed by atoms with Crippen molar-refractivity contribution in [2.45, 2.75) is 0 Å². The Morgan fingerprint density at radius 3 is 2.58 bits per heavy atom. The largest absolute Gasteiger partial charge is 0.301 e. The molecule has 0 fully saturated rings. The SMILES string of the molecule is CS(=O)(=O)Nc1cccc([NH])c1. The molecule has 1 aromatic rings. The van der Waals surface area contributed by atoms with E-state index in [0.29, 0.717) is 5.69 Å². The monoisotopic (exact) mass is 185 g/mol. The lowest BCUT2D eigenvalue weighted by atomic mass is 10.3. The number of hydrogen-bond acceptors (Lipinski definition) is 2. The van der Waals surface area contributed by atoms with Gasteiger partial charge in [0, 0.05) is 0 Å². The minimum Gasteiger partial charge on any atom is -0.301 e. The molecule has 0 heterocycles. The van der Waals surface area contributed by atoms with E-state index in [-0.39, 0.29) is 5.69 Å². The molecule has 0 aliphatic carbocycles. The van der Waals surface area contributed by atoms with E-state index in [0.717, 1.165) is 6.26 Å². The lowest BCUT2D eigenvalue weighted by Gasteiger charge is -2.02. The normalized spacial score (nSPS) is 11.1. The van der Waals surface area contributed by atoms with E-state index in [2.05, 4.69) is 4.72 Å². The average Bonchev–Trinajstić information content (AvgIpc) is 1.82. The Morgan fingerprint density at radius 2 is 2.08 bits per heavy atom. The first-order valence-electron chi connectivity index (χ1n) is 3.27. The van der Waals surface area contributed by atoms with Crippen molar-refractivity contribution < 1.29 is 8.42 Å². The summed E-state index contributed by atoms with van der Waals surface area (Å²) in [6, 6.07) is 6.24. The molecule has 0 atom stereocenters. The van der Waals surface area contributed by atoms with Crippen molar-refractivity contribution in [1.82, 2.24) is 5.73 Å². The van der Waals surface area contributed by atoms with Gasteiger partial charge in [0.25, 0.3) is 0 Å². The van der Waals surface area contributed by atoms with Crippen molar-refractivity contribution in [1.29, 1.82) is 0 Å². The van der Waals surface area contributed by atoms with E-state index in [4.69, 9.17) is 5.73 Å². The van der Waals surface area contributed by atoms with Crippen LogP contribution in [0.1, 0.15) is 0 Å². The van der Waals surface area contributed by atoms with Crippen molar-refractivity contribution in [3.05, 3.63) is 24.3 Å². The highest BCUT2D eigenvalue weighted by molar-refractivity contribution is 7.92. The molecule has 12 heavy (non-hydrogen) atoms. The van der Waals surface area contributed by atoms with Gasteiger partial charge in [0.1, 0.15) is 0 Å². The molecule has 1 aromatic carbocycles. The average molecular weight is 185 g/mol. The van der Waals surface area contributed by atoms with E-state index in [1.165, 1.54) is 6.07 Å². The Hall–Kier alpha value is -1.23. The van der Waals surface area contributed by atoms with Gasteiger partial charge >= 0.3 is 0 Å². The Balaban J connectivity index is 2.91. The van der Waals surface area contributed by atoms with E-state index in [1.54, 1.807) is 18.2 Å². The second-order valence-corrected chi connectivity index (χ2v) is 4.20. The summed E-state index contributed by atoms with van der Waals surface area (Å²) in [6.45, 7) is 0. The maximum absolute atomic E-state index is 10.7. The molecule has 65 valence electrons. The van der Waals surface area contributed by atoms with Crippen LogP contribution in [0, 0.1) is 0 Å². The Morgan fingerprint density at radius 1 is 1.42 bits per heavy atom. The maximum atomic E-state index is 10.7. The van der Waals surface area contributed by atoms with Crippen LogP contribution in [0.3, 0.4) is 0 Å². The number of rotatable bonds is 2. The number of hydrogen-bond donors (Lipinski definition) is 1. The number of sulfonamides is 1. The van der Waals surface area contributed by atoms with Gasteiger partial charge in [0.2, 0.25) is 10.0 Å². The van der Waals surface area contributed by atoms with Crippen LogP contribution in [0.2, 0.25) is 0 Å². The van der Waals surface area contributed by atoms with E-state index in [9.17, 15) is 8.42 Å². The first kappa shape index (κ1) is 8.86. The highest BCUT2D eigenvalue weighted by Crippen LogP contribution is 2.13. The first-order chi connectivity index (χ1) is 5.47. The van der Waals surface area contributed by atoms with Gasteiger partial charge in [-0.1, -0.05) is 6.07 Å². The van der Waals surface area contributed by atoms with Crippen LogP contribution in [-0.4, -0.2) is 14.7 Å². The van der Waals surface area contributed by atoms with Crippen molar-refractivity contribution in [3.63, 3.8) is 0 Å². The molecule has 4 nitrogen and oxygen atoms in total. The molecule has 0 aromatic heterocycles. The molecule has 0 saturated heterocycles. The van der Waals surface area contributed by atoms with Crippen LogP contribution in [-0.2, 0) is 10.0 Å². The Labute approximate surface area is 71.4 Å². The van der Waals surface area contributed by atoms with Crippen LogP contribution in [0.4, 0.5) is 11.4 Å². The van der Waals surface area contributed by atoms with Crippen LogP contribution >= 0.6 is 0 Å². The molecule has 0 bridgehead atoms. The summed E-state index contributed by atoms with van der Waals surface area (Å²) in [5, 5.41) is 0. The molecule has 1 radical (unpaired) electrons. The lowest BCUT2D eigenvalue weighted by Crippen LogP contribution is -2.09. The third kappa shape index (κ3) is 2.79. The molecule has 2 N–H and O–H groups in total. The fourth-order valence-electron chi connectivity index (χ4n) is 0.797. The van der Waals surface area contributed by atoms with Gasteiger partial charge in [-0.3, -0.25) is 4.72 Å². The second-order valence-electron chi connectivity index (χ2n) is 2.46. The minimum absolute atomic E-state index is 0.281. The van der Waals surface area contributed by atoms with Crippen molar-refractivity contribution >= 4 is 21.4 Å².